The van der Waals surface area contributed by atoms with Crippen LogP contribution in [0.15, 0.2) is 47.1 Å². The number of rotatable bonds is 3. The topological polar surface area (TPSA) is 95.4 Å². The van der Waals surface area contributed by atoms with Crippen molar-refractivity contribution in [3.8, 4) is 0 Å². The average Bonchev–Trinajstić information content (AvgIpc) is 3.06. The standard InChI is InChI=1S/C17H20N4O3S/c1-17(2,3)19-16(25)21-20-14(22)11-6-8-12(9-7-11)18-15(23)13-5-4-10-24-13/h4-10H,1-3H3,(H,18,23)(H,20,22)(H2,19,21,25). The molecule has 2 aromatic rings. The van der Waals surface area contributed by atoms with E-state index in [9.17, 15) is 9.59 Å². The molecule has 0 saturated heterocycles. The van der Waals surface area contributed by atoms with Crippen molar-refractivity contribution in [3.05, 3.63) is 54.0 Å². The molecule has 0 unspecified atom stereocenters. The smallest absolute Gasteiger partial charge is 0.291 e. The number of hydrazine groups is 1. The van der Waals surface area contributed by atoms with E-state index in [1.807, 2.05) is 20.8 Å². The molecule has 0 atom stereocenters. The van der Waals surface area contributed by atoms with E-state index >= 15 is 0 Å². The number of thiocarbonyl (C=S) groups is 1. The molecular formula is C17H20N4O3S. The van der Waals surface area contributed by atoms with Crippen LogP contribution in [0.25, 0.3) is 0 Å². The van der Waals surface area contributed by atoms with Crippen molar-refractivity contribution in [2.45, 2.75) is 26.3 Å². The number of nitrogens with one attached hydrogen (secondary N) is 4. The molecule has 2 rings (SSSR count). The van der Waals surface area contributed by atoms with Crippen LogP contribution in [0, 0.1) is 0 Å². The fourth-order valence-electron chi connectivity index (χ4n) is 1.86. The van der Waals surface area contributed by atoms with Gasteiger partial charge in [-0.3, -0.25) is 20.4 Å². The molecule has 8 heteroatoms. The minimum Gasteiger partial charge on any atom is -0.459 e. The van der Waals surface area contributed by atoms with Gasteiger partial charge in [0, 0.05) is 16.8 Å². The molecule has 25 heavy (non-hydrogen) atoms. The lowest BCUT2D eigenvalue weighted by atomic mass is 10.1. The molecule has 0 fully saturated rings. The van der Waals surface area contributed by atoms with Crippen LogP contribution >= 0.6 is 12.2 Å². The van der Waals surface area contributed by atoms with Gasteiger partial charge in [0.25, 0.3) is 11.8 Å². The van der Waals surface area contributed by atoms with Gasteiger partial charge in [-0.1, -0.05) is 0 Å². The molecular weight excluding hydrogens is 340 g/mol. The molecule has 1 aromatic heterocycles. The van der Waals surface area contributed by atoms with E-state index in [1.165, 1.54) is 6.26 Å². The summed E-state index contributed by atoms with van der Waals surface area (Å²) in [4.78, 5) is 23.9. The maximum Gasteiger partial charge on any atom is 0.291 e. The Balaban J connectivity index is 1.87. The number of anilines is 1. The van der Waals surface area contributed by atoms with Crippen molar-refractivity contribution in [2.75, 3.05) is 5.32 Å². The first-order chi connectivity index (χ1) is 11.7. The Hall–Kier alpha value is -2.87. The third-order valence-electron chi connectivity index (χ3n) is 2.93. The zero-order valence-corrected chi connectivity index (χ0v) is 15.0. The summed E-state index contributed by atoms with van der Waals surface area (Å²) in [5.41, 5.74) is 5.91. The first-order valence-electron chi connectivity index (χ1n) is 7.58. The molecule has 0 bridgehead atoms. The van der Waals surface area contributed by atoms with Gasteiger partial charge in [0.2, 0.25) is 0 Å². The summed E-state index contributed by atoms with van der Waals surface area (Å²) < 4.78 is 5.02. The number of furan rings is 1. The lowest BCUT2D eigenvalue weighted by Gasteiger charge is -2.23. The number of hydrogen-bond acceptors (Lipinski definition) is 4. The minimum atomic E-state index is -0.359. The summed E-state index contributed by atoms with van der Waals surface area (Å²) in [5, 5.41) is 6.02. The van der Waals surface area contributed by atoms with E-state index in [0.717, 1.165) is 0 Å². The first kappa shape index (κ1) is 18.5. The number of hydrogen-bond donors (Lipinski definition) is 4. The minimum absolute atomic E-state index is 0.206. The number of amides is 2. The molecule has 1 aromatic carbocycles. The highest BCUT2D eigenvalue weighted by atomic mass is 32.1. The second kappa shape index (κ2) is 7.80. The van der Waals surface area contributed by atoms with Crippen molar-refractivity contribution in [2.24, 2.45) is 0 Å². The van der Waals surface area contributed by atoms with E-state index in [2.05, 4.69) is 21.5 Å². The molecule has 132 valence electrons. The molecule has 0 radical (unpaired) electrons. The van der Waals surface area contributed by atoms with Crippen LogP contribution in [0.1, 0.15) is 41.7 Å². The maximum atomic E-state index is 12.1. The Labute approximate surface area is 151 Å². The summed E-state index contributed by atoms with van der Waals surface area (Å²) in [6, 6.07) is 9.64. The molecule has 0 aliphatic rings. The van der Waals surface area contributed by atoms with Crippen LogP contribution in [0.3, 0.4) is 0 Å². The van der Waals surface area contributed by atoms with Crippen molar-refractivity contribution in [1.29, 1.82) is 0 Å². The SMILES string of the molecule is CC(C)(C)NC(=S)NNC(=O)c1ccc(NC(=O)c2ccco2)cc1. The van der Waals surface area contributed by atoms with Crippen LogP contribution in [0.4, 0.5) is 5.69 Å². The fourth-order valence-corrected chi connectivity index (χ4v) is 2.22. The third-order valence-corrected chi connectivity index (χ3v) is 3.13. The molecule has 4 N–H and O–H groups in total. The second-order valence-corrected chi connectivity index (χ2v) is 6.70. The Bertz CT molecular complexity index is 749. The second-order valence-electron chi connectivity index (χ2n) is 6.29. The number of benzene rings is 1. The van der Waals surface area contributed by atoms with Gasteiger partial charge >= 0.3 is 0 Å². The monoisotopic (exact) mass is 360 g/mol. The van der Waals surface area contributed by atoms with Crippen LogP contribution in [0.2, 0.25) is 0 Å². The van der Waals surface area contributed by atoms with Crippen LogP contribution in [-0.4, -0.2) is 22.5 Å². The van der Waals surface area contributed by atoms with E-state index in [0.29, 0.717) is 16.4 Å². The van der Waals surface area contributed by atoms with Crippen molar-refractivity contribution >= 4 is 34.8 Å². The molecule has 0 aliphatic heterocycles. The van der Waals surface area contributed by atoms with Gasteiger partial charge in [-0.15, -0.1) is 0 Å². The summed E-state index contributed by atoms with van der Waals surface area (Å²) in [6.07, 6.45) is 1.42. The zero-order valence-electron chi connectivity index (χ0n) is 14.2. The molecule has 2 amide bonds. The maximum absolute atomic E-state index is 12.1. The summed E-state index contributed by atoms with van der Waals surface area (Å²) >= 11 is 5.08. The molecule has 1 heterocycles. The summed E-state index contributed by atoms with van der Waals surface area (Å²) in [6.45, 7) is 5.87. The van der Waals surface area contributed by atoms with Crippen molar-refractivity contribution < 1.29 is 14.0 Å². The van der Waals surface area contributed by atoms with Gasteiger partial charge in [0.15, 0.2) is 10.9 Å². The van der Waals surface area contributed by atoms with Crippen LogP contribution in [-0.2, 0) is 0 Å². The largest absolute Gasteiger partial charge is 0.459 e. The first-order valence-corrected chi connectivity index (χ1v) is 7.99. The van der Waals surface area contributed by atoms with Gasteiger partial charge in [-0.05, 0) is 69.4 Å². The third kappa shape index (κ3) is 5.92. The van der Waals surface area contributed by atoms with Gasteiger partial charge in [-0.25, -0.2) is 0 Å². The van der Waals surface area contributed by atoms with Gasteiger partial charge in [0.1, 0.15) is 0 Å². The fraction of sp³-hybridized carbons (Fsp3) is 0.235. The number of carbonyl (C=O) groups excluding carboxylic acids is 2. The Morgan fingerprint density at radius 3 is 2.24 bits per heavy atom. The molecule has 0 saturated carbocycles. The summed E-state index contributed by atoms with van der Waals surface area (Å²) in [7, 11) is 0. The summed E-state index contributed by atoms with van der Waals surface area (Å²) in [5.74, 6) is -0.490. The predicted molar refractivity (Wildman–Crippen MR) is 99.2 cm³/mol. The normalized spacial score (nSPS) is 10.7. The van der Waals surface area contributed by atoms with Crippen molar-refractivity contribution in [1.82, 2.24) is 16.2 Å². The van der Waals surface area contributed by atoms with Gasteiger partial charge in [-0.2, -0.15) is 0 Å². The average molecular weight is 360 g/mol. The van der Waals surface area contributed by atoms with Crippen molar-refractivity contribution in [3.63, 3.8) is 0 Å². The zero-order chi connectivity index (χ0) is 18.4. The Morgan fingerprint density at radius 2 is 1.68 bits per heavy atom. The quantitative estimate of drug-likeness (QED) is 0.496. The van der Waals surface area contributed by atoms with E-state index in [4.69, 9.17) is 16.6 Å². The lowest BCUT2D eigenvalue weighted by Crippen LogP contribution is -2.52. The van der Waals surface area contributed by atoms with E-state index in [-0.39, 0.29) is 23.1 Å². The van der Waals surface area contributed by atoms with E-state index in [1.54, 1.807) is 36.4 Å². The van der Waals surface area contributed by atoms with E-state index < -0.39 is 0 Å². The molecule has 0 spiro atoms. The lowest BCUT2D eigenvalue weighted by molar-refractivity contribution is 0.0942. The predicted octanol–water partition coefficient (Wildman–Crippen LogP) is 2.44. The molecule has 0 aliphatic carbocycles. The Morgan fingerprint density at radius 1 is 1.00 bits per heavy atom. The highest BCUT2D eigenvalue weighted by Crippen LogP contribution is 2.11. The highest BCUT2D eigenvalue weighted by molar-refractivity contribution is 7.80. The van der Waals surface area contributed by atoms with Crippen LogP contribution < -0.4 is 21.5 Å². The van der Waals surface area contributed by atoms with Gasteiger partial charge < -0.3 is 15.1 Å². The highest BCUT2D eigenvalue weighted by Gasteiger charge is 2.12. The van der Waals surface area contributed by atoms with Crippen LogP contribution in [0.5, 0.6) is 0 Å². The number of carbonyl (C=O) groups is 2. The molecule has 7 nitrogen and oxygen atoms in total. The Kier molecular flexibility index (Phi) is 5.76. The van der Waals surface area contributed by atoms with Gasteiger partial charge in [0.05, 0.1) is 6.26 Å².